The number of hydrogen-bond donors (Lipinski definition) is 2. The third-order valence-corrected chi connectivity index (χ3v) is 4.38. The Kier molecular flexibility index (Phi) is 4.97. The van der Waals surface area contributed by atoms with Crippen LogP contribution in [0.25, 0.3) is 0 Å². The highest BCUT2D eigenvalue weighted by atomic mass is 16.6. The number of carbonyl (C=O) groups is 1. The Morgan fingerprint density at radius 2 is 1.89 bits per heavy atom. The molecule has 2 rings (SSSR count). The van der Waals surface area contributed by atoms with Gasteiger partial charge in [-0.3, -0.25) is 9.63 Å². The highest BCUT2D eigenvalue weighted by Crippen LogP contribution is 2.45. The standard InChI is InChI=1S/C13H23NO4/c14-18-12(7-15)8-17-13(16)11-5-9-3-1-2-4-10(9)6-11/h9-12,15H,1-8,14H2. The molecule has 0 heterocycles. The van der Waals surface area contributed by atoms with Crippen molar-refractivity contribution >= 4 is 5.97 Å². The zero-order valence-corrected chi connectivity index (χ0v) is 10.7. The molecule has 18 heavy (non-hydrogen) atoms. The monoisotopic (exact) mass is 257 g/mol. The quantitative estimate of drug-likeness (QED) is 0.567. The van der Waals surface area contributed by atoms with Crippen LogP contribution in [0.2, 0.25) is 0 Å². The third-order valence-electron chi connectivity index (χ3n) is 4.38. The van der Waals surface area contributed by atoms with Crippen molar-refractivity contribution in [2.24, 2.45) is 23.7 Å². The van der Waals surface area contributed by atoms with E-state index in [1.807, 2.05) is 0 Å². The second-order valence-corrected chi connectivity index (χ2v) is 5.54. The first-order chi connectivity index (χ1) is 8.74. The van der Waals surface area contributed by atoms with E-state index in [0.717, 1.165) is 24.7 Å². The van der Waals surface area contributed by atoms with Gasteiger partial charge in [-0.1, -0.05) is 25.7 Å². The van der Waals surface area contributed by atoms with Gasteiger partial charge in [-0.25, -0.2) is 5.90 Å². The van der Waals surface area contributed by atoms with Crippen molar-refractivity contribution in [1.82, 2.24) is 0 Å². The number of ether oxygens (including phenoxy) is 1. The van der Waals surface area contributed by atoms with E-state index in [4.69, 9.17) is 15.7 Å². The largest absolute Gasteiger partial charge is 0.463 e. The predicted molar refractivity (Wildman–Crippen MR) is 65.3 cm³/mol. The molecular weight excluding hydrogens is 234 g/mol. The number of aliphatic hydroxyl groups is 1. The Balaban J connectivity index is 1.76. The van der Waals surface area contributed by atoms with Crippen molar-refractivity contribution in [1.29, 1.82) is 0 Å². The maximum Gasteiger partial charge on any atom is 0.309 e. The second kappa shape index (κ2) is 6.50. The van der Waals surface area contributed by atoms with Crippen LogP contribution in [0.5, 0.6) is 0 Å². The summed E-state index contributed by atoms with van der Waals surface area (Å²) in [5, 5.41) is 8.88. The number of nitrogens with two attached hydrogens (primary N) is 1. The van der Waals surface area contributed by atoms with Crippen molar-refractivity contribution in [3.63, 3.8) is 0 Å². The van der Waals surface area contributed by atoms with Gasteiger partial charge in [0.05, 0.1) is 12.5 Å². The normalized spacial score (nSPS) is 32.9. The fourth-order valence-corrected chi connectivity index (χ4v) is 3.35. The fraction of sp³-hybridized carbons (Fsp3) is 0.923. The van der Waals surface area contributed by atoms with E-state index in [1.54, 1.807) is 0 Å². The predicted octanol–water partition coefficient (Wildman–Crippen LogP) is 0.997. The van der Waals surface area contributed by atoms with E-state index >= 15 is 0 Å². The lowest BCUT2D eigenvalue weighted by Gasteiger charge is -2.24. The maximum absolute atomic E-state index is 11.9. The number of aliphatic hydroxyl groups excluding tert-OH is 1. The number of carbonyl (C=O) groups excluding carboxylic acids is 1. The van der Waals surface area contributed by atoms with Gasteiger partial charge >= 0.3 is 5.97 Å². The molecule has 0 saturated heterocycles. The van der Waals surface area contributed by atoms with Crippen LogP contribution in [0.1, 0.15) is 38.5 Å². The van der Waals surface area contributed by atoms with Crippen molar-refractivity contribution in [3.05, 3.63) is 0 Å². The summed E-state index contributed by atoms with van der Waals surface area (Å²) < 4.78 is 5.17. The highest BCUT2D eigenvalue weighted by Gasteiger charge is 2.39. The molecule has 5 heteroatoms. The zero-order valence-electron chi connectivity index (χ0n) is 10.7. The van der Waals surface area contributed by atoms with Gasteiger partial charge < -0.3 is 9.84 Å². The maximum atomic E-state index is 11.9. The molecule has 0 radical (unpaired) electrons. The Labute approximate surface area is 108 Å². The van der Waals surface area contributed by atoms with E-state index in [9.17, 15) is 4.79 Å². The molecule has 2 saturated carbocycles. The molecule has 3 unspecified atom stereocenters. The molecule has 3 atom stereocenters. The lowest BCUT2D eigenvalue weighted by molar-refractivity contribution is -0.154. The molecule has 0 spiro atoms. The lowest BCUT2D eigenvalue weighted by atomic mass is 9.82. The van der Waals surface area contributed by atoms with Gasteiger partial charge in [-0.05, 0) is 24.7 Å². The first-order valence-corrected chi connectivity index (χ1v) is 6.87. The molecule has 0 aliphatic heterocycles. The Hall–Kier alpha value is -0.650. The van der Waals surface area contributed by atoms with Crippen LogP contribution >= 0.6 is 0 Å². The summed E-state index contributed by atoms with van der Waals surface area (Å²) in [5.41, 5.74) is 0. The van der Waals surface area contributed by atoms with Crippen molar-refractivity contribution in [2.75, 3.05) is 13.2 Å². The van der Waals surface area contributed by atoms with Gasteiger partial charge in [0.15, 0.2) is 0 Å². The van der Waals surface area contributed by atoms with E-state index in [-0.39, 0.29) is 25.1 Å². The molecule has 5 nitrogen and oxygen atoms in total. The second-order valence-electron chi connectivity index (χ2n) is 5.54. The fourth-order valence-electron chi connectivity index (χ4n) is 3.35. The SMILES string of the molecule is NOC(CO)COC(=O)C1CC2CCCCC2C1. The van der Waals surface area contributed by atoms with Crippen LogP contribution in [-0.2, 0) is 14.4 Å². The first kappa shape index (κ1) is 13.8. The smallest absolute Gasteiger partial charge is 0.309 e. The number of esters is 1. The average molecular weight is 257 g/mol. The lowest BCUT2D eigenvalue weighted by Crippen LogP contribution is -2.29. The Morgan fingerprint density at radius 1 is 1.28 bits per heavy atom. The van der Waals surface area contributed by atoms with E-state index in [1.165, 1.54) is 25.7 Å². The molecule has 2 aliphatic rings. The molecule has 2 aliphatic carbocycles. The van der Waals surface area contributed by atoms with Crippen molar-refractivity contribution < 1.29 is 19.5 Å². The minimum atomic E-state index is -0.613. The molecule has 0 aromatic heterocycles. The van der Waals surface area contributed by atoms with Crippen LogP contribution in [0, 0.1) is 17.8 Å². The Morgan fingerprint density at radius 3 is 2.39 bits per heavy atom. The average Bonchev–Trinajstić information content (AvgIpc) is 2.83. The van der Waals surface area contributed by atoms with Crippen LogP contribution < -0.4 is 5.90 Å². The van der Waals surface area contributed by atoms with E-state index in [2.05, 4.69) is 4.84 Å². The van der Waals surface area contributed by atoms with Crippen LogP contribution in [-0.4, -0.2) is 30.4 Å². The summed E-state index contributed by atoms with van der Waals surface area (Å²) in [6.07, 6.45) is 6.46. The van der Waals surface area contributed by atoms with E-state index in [0.29, 0.717) is 0 Å². The van der Waals surface area contributed by atoms with Gasteiger partial charge in [-0.2, -0.15) is 0 Å². The molecule has 104 valence electrons. The highest BCUT2D eigenvalue weighted by molar-refractivity contribution is 5.72. The molecule has 0 bridgehead atoms. The van der Waals surface area contributed by atoms with Gasteiger partial charge in [0, 0.05) is 0 Å². The van der Waals surface area contributed by atoms with Gasteiger partial charge in [-0.15, -0.1) is 0 Å². The molecule has 3 N–H and O–H groups in total. The summed E-state index contributed by atoms with van der Waals surface area (Å²) in [6.45, 7) is -0.197. The summed E-state index contributed by atoms with van der Waals surface area (Å²) >= 11 is 0. The Bertz CT molecular complexity index is 266. The molecule has 0 aromatic carbocycles. The minimum absolute atomic E-state index is 0.0372. The van der Waals surface area contributed by atoms with Crippen LogP contribution in [0.15, 0.2) is 0 Å². The zero-order chi connectivity index (χ0) is 13.0. The van der Waals surface area contributed by atoms with Crippen LogP contribution in [0.4, 0.5) is 0 Å². The number of fused-ring (bicyclic) bond motifs is 1. The topological polar surface area (TPSA) is 81.8 Å². The van der Waals surface area contributed by atoms with Gasteiger partial charge in [0.25, 0.3) is 0 Å². The molecule has 0 aromatic rings. The summed E-state index contributed by atoms with van der Waals surface area (Å²) in [7, 11) is 0. The van der Waals surface area contributed by atoms with Gasteiger partial charge in [0.1, 0.15) is 12.7 Å². The number of hydrogen-bond acceptors (Lipinski definition) is 5. The van der Waals surface area contributed by atoms with E-state index < -0.39 is 6.10 Å². The van der Waals surface area contributed by atoms with Crippen LogP contribution in [0.3, 0.4) is 0 Å². The summed E-state index contributed by atoms with van der Waals surface area (Å²) in [4.78, 5) is 16.4. The first-order valence-electron chi connectivity index (χ1n) is 6.87. The van der Waals surface area contributed by atoms with Crippen molar-refractivity contribution in [2.45, 2.75) is 44.6 Å². The molecular formula is C13H23NO4. The van der Waals surface area contributed by atoms with Gasteiger partial charge in [0.2, 0.25) is 0 Å². The third kappa shape index (κ3) is 3.22. The molecule has 0 amide bonds. The minimum Gasteiger partial charge on any atom is -0.463 e. The summed E-state index contributed by atoms with van der Waals surface area (Å²) in [6, 6.07) is 0. The summed E-state index contributed by atoms with van der Waals surface area (Å²) in [5.74, 6) is 6.29. The number of rotatable bonds is 5. The molecule has 2 fully saturated rings. The van der Waals surface area contributed by atoms with Crippen molar-refractivity contribution in [3.8, 4) is 0 Å².